The second-order valence-electron chi connectivity index (χ2n) is 6.48. The van der Waals surface area contributed by atoms with Crippen LogP contribution in [0.4, 0.5) is 5.69 Å². The first-order chi connectivity index (χ1) is 11.5. The maximum absolute atomic E-state index is 12.7. The van der Waals surface area contributed by atoms with Gasteiger partial charge in [-0.15, -0.1) is 0 Å². The molecule has 126 valence electrons. The lowest BCUT2D eigenvalue weighted by Crippen LogP contribution is -2.37. The maximum Gasteiger partial charge on any atom is 0.255 e. The average Bonchev–Trinajstić information content (AvgIpc) is 3.11. The Kier molecular flexibility index (Phi) is 4.38. The number of anilines is 1. The molecule has 1 aromatic heterocycles. The van der Waals surface area contributed by atoms with Crippen molar-refractivity contribution >= 4 is 17.5 Å². The Labute approximate surface area is 141 Å². The van der Waals surface area contributed by atoms with E-state index in [1.54, 1.807) is 4.90 Å². The van der Waals surface area contributed by atoms with Crippen molar-refractivity contribution < 1.29 is 9.59 Å². The zero-order valence-corrected chi connectivity index (χ0v) is 14.2. The molecule has 6 heteroatoms. The highest BCUT2D eigenvalue weighted by Gasteiger charge is 2.32. The van der Waals surface area contributed by atoms with Gasteiger partial charge in [0.15, 0.2) is 0 Å². The first-order valence-corrected chi connectivity index (χ1v) is 8.18. The topological polar surface area (TPSA) is 78.1 Å². The second kappa shape index (κ2) is 6.47. The maximum atomic E-state index is 12.7. The van der Waals surface area contributed by atoms with Crippen molar-refractivity contribution in [2.75, 3.05) is 11.4 Å². The number of benzene rings is 1. The third-order valence-electron chi connectivity index (χ3n) is 4.28. The number of rotatable bonds is 4. The van der Waals surface area contributed by atoms with Gasteiger partial charge in [-0.3, -0.25) is 14.7 Å². The number of nitrogens with zero attached hydrogens (tertiary/aromatic N) is 2. The van der Waals surface area contributed by atoms with Crippen LogP contribution in [0.25, 0.3) is 0 Å². The van der Waals surface area contributed by atoms with Gasteiger partial charge < -0.3 is 10.2 Å². The van der Waals surface area contributed by atoms with Gasteiger partial charge in [-0.2, -0.15) is 5.10 Å². The van der Waals surface area contributed by atoms with Gasteiger partial charge in [-0.05, 0) is 25.0 Å². The normalized spacial score (nSPS) is 17.6. The highest BCUT2D eigenvalue weighted by Crippen LogP contribution is 2.23. The predicted molar refractivity (Wildman–Crippen MR) is 92.1 cm³/mol. The molecule has 2 aromatic rings. The van der Waals surface area contributed by atoms with E-state index in [0.717, 1.165) is 17.1 Å². The fourth-order valence-corrected chi connectivity index (χ4v) is 3.07. The van der Waals surface area contributed by atoms with Crippen LogP contribution in [0.1, 0.15) is 47.9 Å². The third kappa shape index (κ3) is 3.04. The van der Waals surface area contributed by atoms with E-state index in [9.17, 15) is 9.59 Å². The SMILES string of the molecule is Cc1[nH]nc(C(C)C)c1C(=O)N[C@H]1CC(=O)N(c2ccccc2)C1. The van der Waals surface area contributed by atoms with Crippen molar-refractivity contribution in [3.8, 4) is 0 Å². The van der Waals surface area contributed by atoms with Crippen LogP contribution in [0, 0.1) is 6.92 Å². The van der Waals surface area contributed by atoms with Gasteiger partial charge in [-0.25, -0.2) is 0 Å². The molecule has 0 bridgehead atoms. The first-order valence-electron chi connectivity index (χ1n) is 8.18. The summed E-state index contributed by atoms with van der Waals surface area (Å²) < 4.78 is 0. The highest BCUT2D eigenvalue weighted by atomic mass is 16.2. The third-order valence-corrected chi connectivity index (χ3v) is 4.28. The summed E-state index contributed by atoms with van der Waals surface area (Å²) in [6.45, 7) is 6.33. The Morgan fingerprint density at radius 2 is 2.04 bits per heavy atom. The number of H-pyrrole nitrogens is 1. The predicted octanol–water partition coefficient (Wildman–Crippen LogP) is 2.38. The van der Waals surface area contributed by atoms with Gasteiger partial charge in [0.25, 0.3) is 5.91 Å². The number of para-hydroxylation sites is 1. The van der Waals surface area contributed by atoms with Crippen LogP contribution in [0.5, 0.6) is 0 Å². The van der Waals surface area contributed by atoms with Crippen LogP contribution in [0.3, 0.4) is 0 Å². The monoisotopic (exact) mass is 326 g/mol. The Balaban J connectivity index is 1.73. The van der Waals surface area contributed by atoms with Gasteiger partial charge in [0.1, 0.15) is 0 Å². The quantitative estimate of drug-likeness (QED) is 0.905. The van der Waals surface area contributed by atoms with E-state index in [1.807, 2.05) is 51.1 Å². The molecule has 1 saturated heterocycles. The molecule has 3 rings (SSSR count). The van der Waals surface area contributed by atoms with Gasteiger partial charge in [0.2, 0.25) is 5.91 Å². The van der Waals surface area contributed by atoms with Crippen LogP contribution in [0.2, 0.25) is 0 Å². The summed E-state index contributed by atoms with van der Waals surface area (Å²) >= 11 is 0. The average molecular weight is 326 g/mol. The molecule has 1 fully saturated rings. The fraction of sp³-hybridized carbons (Fsp3) is 0.389. The number of nitrogens with one attached hydrogen (secondary N) is 2. The Morgan fingerprint density at radius 3 is 2.71 bits per heavy atom. The molecule has 0 radical (unpaired) electrons. The van der Waals surface area contributed by atoms with Gasteiger partial charge in [0, 0.05) is 24.3 Å². The summed E-state index contributed by atoms with van der Waals surface area (Å²) in [5.74, 6) is 0.0129. The number of hydrogen-bond donors (Lipinski definition) is 2. The zero-order chi connectivity index (χ0) is 17.3. The van der Waals surface area contributed by atoms with Crippen LogP contribution < -0.4 is 10.2 Å². The molecule has 1 aromatic carbocycles. The van der Waals surface area contributed by atoms with Crippen molar-refractivity contribution in [3.05, 3.63) is 47.3 Å². The molecule has 24 heavy (non-hydrogen) atoms. The highest BCUT2D eigenvalue weighted by molar-refractivity contribution is 5.99. The van der Waals surface area contributed by atoms with Gasteiger partial charge in [0.05, 0.1) is 17.3 Å². The molecular formula is C18H22N4O2. The van der Waals surface area contributed by atoms with Crippen LogP contribution >= 0.6 is 0 Å². The molecule has 1 aliphatic heterocycles. The summed E-state index contributed by atoms with van der Waals surface area (Å²) in [4.78, 5) is 26.6. The molecule has 2 amide bonds. The number of carbonyl (C=O) groups is 2. The minimum absolute atomic E-state index is 0.0273. The Morgan fingerprint density at radius 1 is 1.33 bits per heavy atom. The number of hydrogen-bond acceptors (Lipinski definition) is 3. The fourth-order valence-electron chi connectivity index (χ4n) is 3.07. The van der Waals surface area contributed by atoms with Crippen molar-refractivity contribution in [3.63, 3.8) is 0 Å². The summed E-state index contributed by atoms with van der Waals surface area (Å²) in [7, 11) is 0. The van der Waals surface area contributed by atoms with Crippen molar-refractivity contribution in [2.45, 2.75) is 39.2 Å². The lowest BCUT2D eigenvalue weighted by Gasteiger charge is -2.17. The number of carbonyl (C=O) groups excluding carboxylic acids is 2. The molecule has 1 aliphatic rings. The molecule has 2 heterocycles. The molecule has 2 N–H and O–H groups in total. The summed E-state index contributed by atoms with van der Waals surface area (Å²) in [5.41, 5.74) is 2.96. The van der Waals surface area contributed by atoms with Crippen LogP contribution in [-0.2, 0) is 4.79 Å². The number of aromatic nitrogens is 2. The van der Waals surface area contributed by atoms with E-state index >= 15 is 0 Å². The van der Waals surface area contributed by atoms with Gasteiger partial charge in [-0.1, -0.05) is 32.0 Å². The number of aromatic amines is 1. The van der Waals surface area contributed by atoms with E-state index in [4.69, 9.17) is 0 Å². The molecule has 6 nitrogen and oxygen atoms in total. The number of amides is 2. The van der Waals surface area contributed by atoms with Crippen LogP contribution in [0.15, 0.2) is 30.3 Å². The second-order valence-corrected chi connectivity index (χ2v) is 6.48. The van der Waals surface area contributed by atoms with Crippen molar-refractivity contribution in [2.24, 2.45) is 0 Å². The molecule has 1 atom stereocenters. The first kappa shape index (κ1) is 16.2. The molecule has 0 aliphatic carbocycles. The van der Waals surface area contributed by atoms with E-state index in [-0.39, 0.29) is 23.8 Å². The van der Waals surface area contributed by atoms with Gasteiger partial charge >= 0.3 is 0 Å². The summed E-state index contributed by atoms with van der Waals surface area (Å²) in [6, 6.07) is 9.33. The van der Waals surface area contributed by atoms with Crippen LogP contribution in [-0.4, -0.2) is 34.6 Å². The molecule has 0 spiro atoms. The van der Waals surface area contributed by atoms with E-state index in [0.29, 0.717) is 18.5 Å². The van der Waals surface area contributed by atoms with Crippen molar-refractivity contribution in [1.29, 1.82) is 0 Å². The smallest absolute Gasteiger partial charge is 0.255 e. The van der Waals surface area contributed by atoms with Crippen molar-refractivity contribution in [1.82, 2.24) is 15.5 Å². The lowest BCUT2D eigenvalue weighted by atomic mass is 10.0. The molecule has 0 saturated carbocycles. The number of aryl methyl sites for hydroxylation is 1. The molecule has 0 unspecified atom stereocenters. The minimum atomic E-state index is -0.195. The van der Waals surface area contributed by atoms with E-state index < -0.39 is 0 Å². The summed E-state index contributed by atoms with van der Waals surface area (Å²) in [5, 5.41) is 10.1. The lowest BCUT2D eigenvalue weighted by molar-refractivity contribution is -0.117. The minimum Gasteiger partial charge on any atom is -0.347 e. The van der Waals surface area contributed by atoms with E-state index in [1.165, 1.54) is 0 Å². The molecular weight excluding hydrogens is 304 g/mol. The Bertz CT molecular complexity index is 752. The summed E-state index contributed by atoms with van der Waals surface area (Å²) in [6.07, 6.45) is 0.314. The Hall–Kier alpha value is -2.63. The largest absolute Gasteiger partial charge is 0.347 e. The zero-order valence-electron chi connectivity index (χ0n) is 14.2. The van der Waals surface area contributed by atoms with E-state index in [2.05, 4.69) is 15.5 Å². The standard InChI is InChI=1S/C18H22N4O2/c1-11(2)17-16(12(3)20-21-17)18(24)19-13-9-15(23)22(10-13)14-7-5-4-6-8-14/h4-8,11,13H,9-10H2,1-3H3,(H,19,24)(H,20,21)/t13-/m0/s1.